The van der Waals surface area contributed by atoms with Crippen LogP contribution >= 0.6 is 0 Å². The molecule has 0 saturated heterocycles. The van der Waals surface area contributed by atoms with Crippen LogP contribution in [0.2, 0.25) is 0 Å². The Morgan fingerprint density at radius 1 is 0.742 bits per heavy atom. The first-order valence-corrected chi connectivity index (χ1v) is 9.77. The largest absolute Gasteiger partial charge is 0.508 e. The number of fused-ring (bicyclic) bond motifs is 1. The highest BCUT2D eigenvalue weighted by atomic mass is 16.4. The molecule has 3 aliphatic carbocycles. The second-order valence-corrected chi connectivity index (χ2v) is 7.96. The van der Waals surface area contributed by atoms with Crippen LogP contribution in [0.4, 0.5) is 5.69 Å². The van der Waals surface area contributed by atoms with Crippen molar-refractivity contribution in [1.82, 2.24) is 0 Å². The van der Waals surface area contributed by atoms with Crippen molar-refractivity contribution in [1.29, 1.82) is 0 Å². The van der Waals surface area contributed by atoms with E-state index in [1.165, 1.54) is 24.3 Å². The number of hydrogen-bond donors (Lipinski definition) is 5. The highest BCUT2D eigenvalue weighted by Gasteiger charge is 2.69. The van der Waals surface area contributed by atoms with Crippen LogP contribution < -0.4 is 5.32 Å². The molecule has 0 heterocycles. The number of carbonyl (C=O) groups excluding carboxylic acids is 1. The van der Waals surface area contributed by atoms with Crippen LogP contribution in [-0.2, 0) is 20.8 Å². The number of aromatic hydroxyl groups is 1. The summed E-state index contributed by atoms with van der Waals surface area (Å²) in [6.45, 7) is 0. The highest BCUT2D eigenvalue weighted by Crippen LogP contribution is 2.62. The molecule has 3 aromatic carbocycles. The van der Waals surface area contributed by atoms with E-state index in [1.54, 1.807) is 48.5 Å². The van der Waals surface area contributed by atoms with Gasteiger partial charge in [0.1, 0.15) is 22.9 Å². The third kappa shape index (κ3) is 2.41. The molecule has 156 valence electrons. The van der Waals surface area contributed by atoms with Gasteiger partial charge in [-0.2, -0.15) is 0 Å². The van der Waals surface area contributed by atoms with Gasteiger partial charge < -0.3 is 25.7 Å². The van der Waals surface area contributed by atoms with E-state index in [-0.39, 0.29) is 28.0 Å². The quantitative estimate of drug-likeness (QED) is 0.444. The number of nitrogens with one attached hydrogen (secondary N) is 1. The molecule has 5 N–H and O–H groups in total. The fourth-order valence-corrected chi connectivity index (χ4v) is 5.17. The van der Waals surface area contributed by atoms with Crippen LogP contribution in [0.25, 0.3) is 0 Å². The zero-order chi connectivity index (χ0) is 22.0. The van der Waals surface area contributed by atoms with E-state index in [1.807, 2.05) is 0 Å². The zero-order valence-electron chi connectivity index (χ0n) is 16.2. The molecule has 3 aliphatic rings. The van der Waals surface area contributed by atoms with E-state index in [0.29, 0.717) is 5.69 Å². The number of anilines is 1. The Morgan fingerprint density at radius 2 is 1.29 bits per heavy atom. The lowest BCUT2D eigenvalue weighted by molar-refractivity contribution is -0.178. The van der Waals surface area contributed by atoms with Gasteiger partial charge in [0.05, 0.1) is 5.92 Å². The van der Waals surface area contributed by atoms with Crippen LogP contribution in [0.5, 0.6) is 5.75 Å². The molecule has 7 nitrogen and oxygen atoms in total. The number of para-hydroxylation sites is 1. The van der Waals surface area contributed by atoms with E-state index >= 15 is 0 Å². The average Bonchev–Trinajstić information content (AvgIpc) is 2.75. The van der Waals surface area contributed by atoms with Gasteiger partial charge in [0, 0.05) is 5.69 Å². The van der Waals surface area contributed by atoms with Crippen LogP contribution in [0.3, 0.4) is 0 Å². The summed E-state index contributed by atoms with van der Waals surface area (Å²) < 4.78 is 0. The van der Waals surface area contributed by atoms with Gasteiger partial charge in [-0.25, -0.2) is 0 Å². The van der Waals surface area contributed by atoms with Gasteiger partial charge in [-0.05, 0) is 46.5 Å². The van der Waals surface area contributed by atoms with Crippen LogP contribution in [0.1, 0.15) is 22.3 Å². The first-order chi connectivity index (χ1) is 14.8. The Bertz CT molecular complexity index is 1230. The Kier molecular flexibility index (Phi) is 3.99. The predicted molar refractivity (Wildman–Crippen MR) is 110 cm³/mol. The van der Waals surface area contributed by atoms with Crippen LogP contribution in [-0.4, -0.2) is 32.3 Å². The van der Waals surface area contributed by atoms with Gasteiger partial charge in [0.15, 0.2) is 0 Å². The molecular weight excluding hydrogens is 398 g/mol. The third-order valence-corrected chi connectivity index (χ3v) is 6.40. The first-order valence-electron chi connectivity index (χ1n) is 9.77. The van der Waals surface area contributed by atoms with E-state index in [4.69, 9.17) is 0 Å². The van der Waals surface area contributed by atoms with Gasteiger partial charge in [0.25, 0.3) is 0 Å². The Balaban J connectivity index is 1.79. The minimum Gasteiger partial charge on any atom is -0.508 e. The molecule has 7 heteroatoms. The number of hydrogen-bond acceptors (Lipinski definition) is 5. The number of carboxylic acid groups (broad SMARTS) is 1. The molecule has 0 fully saturated rings. The number of phenolic OH excluding ortho intramolecular Hbond substituents is 1. The van der Waals surface area contributed by atoms with Gasteiger partial charge in [-0.1, -0.05) is 48.5 Å². The molecule has 0 aliphatic heterocycles. The van der Waals surface area contributed by atoms with Gasteiger partial charge in [-0.15, -0.1) is 0 Å². The van der Waals surface area contributed by atoms with Crippen molar-refractivity contribution in [3.8, 4) is 5.75 Å². The highest BCUT2D eigenvalue weighted by molar-refractivity contribution is 5.98. The third-order valence-electron chi connectivity index (χ3n) is 6.40. The summed E-state index contributed by atoms with van der Waals surface area (Å²) in [6.07, 6.45) is 0. The average molecular weight is 417 g/mol. The molecule has 0 radical (unpaired) electrons. The standard InChI is InChI=1S/C24H19NO6/c26-14-10-11-17-18(12-14)24(31)16-9-5-4-8-15(16)23(17,30)19(20(24)22(28)29)21(27)25-13-6-2-1-3-7-13/h1-12,19-20,26,30-31H,(H,25,27)(H,28,29). The lowest BCUT2D eigenvalue weighted by atomic mass is 9.49. The predicted octanol–water partition coefficient (Wildman–Crippen LogP) is 2.15. The molecule has 4 atom stereocenters. The minimum absolute atomic E-state index is 0.0739. The molecule has 31 heavy (non-hydrogen) atoms. The van der Waals surface area contributed by atoms with Crippen LogP contribution in [0, 0.1) is 11.8 Å². The summed E-state index contributed by atoms with van der Waals surface area (Å²) in [5.41, 5.74) is -2.98. The Labute approximate surface area is 177 Å². The molecule has 3 aromatic rings. The molecule has 0 spiro atoms. The number of rotatable bonds is 3. The van der Waals surface area contributed by atoms with Crippen molar-refractivity contribution >= 4 is 17.6 Å². The Hall–Kier alpha value is -3.68. The second kappa shape index (κ2) is 6.41. The number of amides is 1. The lowest BCUT2D eigenvalue weighted by Crippen LogP contribution is -2.65. The maximum atomic E-state index is 13.4. The van der Waals surface area contributed by atoms with E-state index in [0.717, 1.165) is 0 Å². The molecular formula is C24H19NO6. The fraction of sp³-hybridized carbons (Fsp3) is 0.167. The summed E-state index contributed by atoms with van der Waals surface area (Å²) in [6, 6.07) is 18.9. The number of carboxylic acids is 1. The molecule has 2 bridgehead atoms. The number of benzene rings is 3. The van der Waals surface area contributed by atoms with Crippen molar-refractivity contribution in [3.05, 3.63) is 95.1 Å². The normalized spacial score (nSPS) is 27.8. The monoisotopic (exact) mass is 417 g/mol. The summed E-state index contributed by atoms with van der Waals surface area (Å²) in [5, 5.41) is 46.8. The fourth-order valence-electron chi connectivity index (χ4n) is 5.17. The van der Waals surface area contributed by atoms with Crippen molar-refractivity contribution in [3.63, 3.8) is 0 Å². The van der Waals surface area contributed by atoms with Gasteiger partial charge in [-0.3, -0.25) is 9.59 Å². The van der Waals surface area contributed by atoms with E-state index in [2.05, 4.69) is 5.32 Å². The summed E-state index contributed by atoms with van der Waals surface area (Å²) >= 11 is 0. The number of aliphatic hydroxyl groups is 2. The van der Waals surface area contributed by atoms with E-state index in [9.17, 15) is 30.0 Å². The van der Waals surface area contributed by atoms with Gasteiger partial charge in [0.2, 0.25) is 5.91 Å². The van der Waals surface area contributed by atoms with Crippen molar-refractivity contribution in [2.45, 2.75) is 11.2 Å². The summed E-state index contributed by atoms with van der Waals surface area (Å²) in [5.74, 6) is -5.56. The van der Waals surface area contributed by atoms with Crippen molar-refractivity contribution in [2.75, 3.05) is 5.32 Å². The molecule has 0 saturated carbocycles. The summed E-state index contributed by atoms with van der Waals surface area (Å²) in [4.78, 5) is 25.9. The maximum absolute atomic E-state index is 13.4. The maximum Gasteiger partial charge on any atom is 0.311 e. The van der Waals surface area contributed by atoms with Crippen molar-refractivity contribution in [2.24, 2.45) is 11.8 Å². The topological polar surface area (TPSA) is 127 Å². The smallest absolute Gasteiger partial charge is 0.311 e. The Morgan fingerprint density at radius 3 is 1.90 bits per heavy atom. The lowest BCUT2D eigenvalue weighted by Gasteiger charge is -2.57. The van der Waals surface area contributed by atoms with Crippen molar-refractivity contribution < 1.29 is 30.0 Å². The second-order valence-electron chi connectivity index (χ2n) is 7.96. The molecule has 1 amide bonds. The first kappa shape index (κ1) is 19.3. The molecule has 6 rings (SSSR count). The summed E-state index contributed by atoms with van der Waals surface area (Å²) in [7, 11) is 0. The minimum atomic E-state index is -2.13. The number of aliphatic carboxylic acids is 1. The zero-order valence-corrected chi connectivity index (χ0v) is 16.2. The van der Waals surface area contributed by atoms with Gasteiger partial charge >= 0.3 is 5.97 Å². The number of phenols is 1. The van der Waals surface area contributed by atoms with Crippen LogP contribution in [0.15, 0.2) is 72.8 Å². The number of carbonyl (C=O) groups is 2. The van der Waals surface area contributed by atoms with E-state index < -0.39 is 34.9 Å². The molecule has 4 unspecified atom stereocenters. The SMILES string of the molecule is O=C(O)C1C(C(=O)Nc2ccccc2)C2(O)c3ccccc3C1(O)c1cc(O)ccc12. The molecule has 0 aromatic heterocycles.